The van der Waals surface area contributed by atoms with Gasteiger partial charge in [-0.25, -0.2) is 0 Å². The summed E-state index contributed by atoms with van der Waals surface area (Å²) in [5.41, 5.74) is 1.49. The molecule has 60 valence electrons. The third-order valence-corrected chi connectivity index (χ3v) is 2.98. The molecule has 0 saturated carbocycles. The highest BCUT2D eigenvalue weighted by Gasteiger charge is 2.05. The highest BCUT2D eigenvalue weighted by molar-refractivity contribution is 8.03. The van der Waals surface area contributed by atoms with E-state index < -0.39 is 0 Å². The second kappa shape index (κ2) is 4.45. The molecule has 0 unspecified atom stereocenters. The zero-order chi connectivity index (χ0) is 8.10. The molecule has 0 bridgehead atoms. The van der Waals surface area contributed by atoms with Crippen LogP contribution in [0.25, 0.3) is 0 Å². The predicted molar refractivity (Wildman–Crippen MR) is 53.7 cm³/mol. The molecule has 0 aromatic heterocycles. The quantitative estimate of drug-likeness (QED) is 0.565. The highest BCUT2D eigenvalue weighted by Crippen LogP contribution is 2.29. The highest BCUT2D eigenvalue weighted by atomic mass is 32.2. The molecular formula is C10H14S. The molecule has 1 aliphatic rings. The molecule has 0 atom stereocenters. The van der Waals surface area contributed by atoms with E-state index in [-0.39, 0.29) is 0 Å². The SMILES string of the molecule is C=C/C=C\C1=C(C)SCCC1. The molecule has 0 N–H and O–H groups in total. The maximum Gasteiger partial charge on any atom is -0.00201 e. The summed E-state index contributed by atoms with van der Waals surface area (Å²) in [6, 6.07) is 0. The fraction of sp³-hybridized carbons (Fsp3) is 0.400. The van der Waals surface area contributed by atoms with Gasteiger partial charge in [-0.3, -0.25) is 0 Å². The van der Waals surface area contributed by atoms with Crippen molar-refractivity contribution in [3.63, 3.8) is 0 Å². The zero-order valence-electron chi connectivity index (χ0n) is 6.97. The first kappa shape index (κ1) is 8.66. The summed E-state index contributed by atoms with van der Waals surface area (Å²) in [4.78, 5) is 1.48. The van der Waals surface area contributed by atoms with Crippen LogP contribution in [0.1, 0.15) is 19.8 Å². The minimum atomic E-state index is 1.24. The lowest BCUT2D eigenvalue weighted by molar-refractivity contribution is 0.921. The lowest BCUT2D eigenvalue weighted by Gasteiger charge is -2.13. The second-order valence-electron chi connectivity index (χ2n) is 2.63. The van der Waals surface area contributed by atoms with Gasteiger partial charge in [-0.05, 0) is 36.0 Å². The monoisotopic (exact) mass is 166 g/mol. The molecular weight excluding hydrogens is 152 g/mol. The number of hydrogen-bond acceptors (Lipinski definition) is 1. The van der Waals surface area contributed by atoms with Gasteiger partial charge in [0.2, 0.25) is 0 Å². The van der Waals surface area contributed by atoms with Crippen molar-refractivity contribution in [3.05, 3.63) is 35.3 Å². The summed E-state index contributed by atoms with van der Waals surface area (Å²) in [7, 11) is 0. The third-order valence-electron chi connectivity index (χ3n) is 1.79. The standard InChI is InChI=1S/C10H14S/c1-3-4-6-10-7-5-8-11-9(10)2/h3-4,6H,1,5,7-8H2,2H3/b6-4-. The topological polar surface area (TPSA) is 0 Å². The van der Waals surface area contributed by atoms with E-state index in [1.807, 2.05) is 23.9 Å². The maximum absolute atomic E-state index is 3.65. The first-order chi connectivity index (χ1) is 5.34. The van der Waals surface area contributed by atoms with Gasteiger partial charge in [0.25, 0.3) is 0 Å². The van der Waals surface area contributed by atoms with Crippen molar-refractivity contribution in [1.82, 2.24) is 0 Å². The maximum atomic E-state index is 3.65. The zero-order valence-corrected chi connectivity index (χ0v) is 7.79. The largest absolute Gasteiger partial charge is 0.131 e. The van der Waals surface area contributed by atoms with Crippen LogP contribution in [0.4, 0.5) is 0 Å². The van der Waals surface area contributed by atoms with Crippen molar-refractivity contribution >= 4 is 11.8 Å². The molecule has 0 spiro atoms. The van der Waals surface area contributed by atoms with Crippen LogP contribution in [0.3, 0.4) is 0 Å². The Labute approximate surface area is 73.1 Å². The molecule has 0 aliphatic carbocycles. The second-order valence-corrected chi connectivity index (χ2v) is 3.94. The van der Waals surface area contributed by atoms with E-state index in [1.54, 1.807) is 0 Å². The van der Waals surface area contributed by atoms with Crippen LogP contribution in [-0.4, -0.2) is 5.75 Å². The number of rotatable bonds is 2. The molecule has 0 aromatic carbocycles. The summed E-state index contributed by atoms with van der Waals surface area (Å²) in [6.45, 7) is 5.85. The molecule has 1 rings (SSSR count). The number of thioether (sulfide) groups is 1. The van der Waals surface area contributed by atoms with Crippen molar-refractivity contribution in [2.24, 2.45) is 0 Å². The van der Waals surface area contributed by atoms with Crippen molar-refractivity contribution in [2.45, 2.75) is 19.8 Å². The van der Waals surface area contributed by atoms with Gasteiger partial charge in [0, 0.05) is 0 Å². The van der Waals surface area contributed by atoms with Crippen LogP contribution >= 0.6 is 11.8 Å². The van der Waals surface area contributed by atoms with E-state index in [0.717, 1.165) is 0 Å². The minimum absolute atomic E-state index is 1.24. The van der Waals surface area contributed by atoms with Crippen molar-refractivity contribution in [3.8, 4) is 0 Å². The summed E-state index contributed by atoms with van der Waals surface area (Å²) in [5.74, 6) is 1.29. The van der Waals surface area contributed by atoms with E-state index in [1.165, 1.54) is 29.1 Å². The Morgan fingerprint density at radius 3 is 3.00 bits per heavy atom. The fourth-order valence-electron chi connectivity index (χ4n) is 1.14. The Morgan fingerprint density at radius 1 is 1.55 bits per heavy atom. The van der Waals surface area contributed by atoms with Gasteiger partial charge >= 0.3 is 0 Å². The lowest BCUT2D eigenvalue weighted by atomic mass is 10.1. The van der Waals surface area contributed by atoms with Crippen LogP contribution in [-0.2, 0) is 0 Å². The van der Waals surface area contributed by atoms with Crippen LogP contribution < -0.4 is 0 Å². The molecule has 0 amide bonds. The molecule has 1 aliphatic heterocycles. The summed E-state index contributed by atoms with van der Waals surface area (Å²) >= 11 is 1.97. The molecule has 1 heteroatoms. The lowest BCUT2D eigenvalue weighted by Crippen LogP contribution is -1.93. The number of hydrogen-bond donors (Lipinski definition) is 0. The fourth-order valence-corrected chi connectivity index (χ4v) is 2.09. The Morgan fingerprint density at radius 2 is 2.36 bits per heavy atom. The molecule has 0 nitrogen and oxygen atoms in total. The van der Waals surface area contributed by atoms with Crippen molar-refractivity contribution in [2.75, 3.05) is 5.75 Å². The normalized spacial score (nSPS) is 19.4. The Hall–Kier alpha value is -0.430. The Kier molecular flexibility index (Phi) is 3.50. The van der Waals surface area contributed by atoms with Gasteiger partial charge in [0.15, 0.2) is 0 Å². The van der Waals surface area contributed by atoms with Crippen molar-refractivity contribution in [1.29, 1.82) is 0 Å². The van der Waals surface area contributed by atoms with E-state index in [4.69, 9.17) is 0 Å². The van der Waals surface area contributed by atoms with Crippen LogP contribution in [0.15, 0.2) is 35.3 Å². The first-order valence-electron chi connectivity index (χ1n) is 3.96. The summed E-state index contributed by atoms with van der Waals surface area (Å²) < 4.78 is 0. The molecule has 11 heavy (non-hydrogen) atoms. The van der Waals surface area contributed by atoms with Crippen LogP contribution in [0.5, 0.6) is 0 Å². The molecule has 0 radical (unpaired) electrons. The first-order valence-corrected chi connectivity index (χ1v) is 4.95. The molecule has 0 saturated heterocycles. The van der Waals surface area contributed by atoms with Gasteiger partial charge in [-0.1, -0.05) is 24.8 Å². The predicted octanol–water partition coefficient (Wildman–Crippen LogP) is 3.53. The summed E-state index contributed by atoms with van der Waals surface area (Å²) in [6.07, 6.45) is 8.58. The average Bonchev–Trinajstić information content (AvgIpc) is 2.03. The van der Waals surface area contributed by atoms with Gasteiger partial charge in [0.1, 0.15) is 0 Å². The Balaban J connectivity index is 2.66. The number of allylic oxidation sites excluding steroid dienone is 5. The Bertz CT molecular complexity index is 199. The smallest absolute Gasteiger partial charge is 0.00201 e. The molecule has 0 fully saturated rings. The van der Waals surface area contributed by atoms with Crippen LogP contribution in [0.2, 0.25) is 0 Å². The van der Waals surface area contributed by atoms with Gasteiger partial charge < -0.3 is 0 Å². The molecule has 0 aromatic rings. The van der Waals surface area contributed by atoms with Gasteiger partial charge in [-0.2, -0.15) is 0 Å². The van der Waals surface area contributed by atoms with E-state index >= 15 is 0 Å². The average molecular weight is 166 g/mol. The van der Waals surface area contributed by atoms with Gasteiger partial charge in [0.05, 0.1) is 0 Å². The summed E-state index contributed by atoms with van der Waals surface area (Å²) in [5, 5.41) is 0. The minimum Gasteiger partial charge on any atom is -0.131 e. The molecule has 1 heterocycles. The third kappa shape index (κ3) is 2.58. The van der Waals surface area contributed by atoms with E-state index in [2.05, 4.69) is 19.6 Å². The van der Waals surface area contributed by atoms with Crippen molar-refractivity contribution < 1.29 is 0 Å². The van der Waals surface area contributed by atoms with E-state index in [9.17, 15) is 0 Å². The van der Waals surface area contributed by atoms with Crippen LogP contribution in [0, 0.1) is 0 Å². The van der Waals surface area contributed by atoms with E-state index in [0.29, 0.717) is 0 Å². The van der Waals surface area contributed by atoms with Gasteiger partial charge in [-0.15, -0.1) is 11.8 Å².